The van der Waals surface area contributed by atoms with Crippen molar-refractivity contribution in [3.63, 3.8) is 0 Å². The van der Waals surface area contributed by atoms with Gasteiger partial charge in [0.15, 0.2) is 0 Å². The zero-order chi connectivity index (χ0) is 12.8. The highest BCUT2D eigenvalue weighted by Crippen LogP contribution is 2.21. The van der Waals surface area contributed by atoms with Crippen LogP contribution in [0.25, 0.3) is 0 Å². The van der Waals surface area contributed by atoms with E-state index in [9.17, 15) is 0 Å². The van der Waals surface area contributed by atoms with Crippen LogP contribution < -0.4 is 5.73 Å². The number of likely N-dealkylation sites (N-methyl/N-ethyl adjacent to an activating group) is 1. The van der Waals surface area contributed by atoms with Gasteiger partial charge in [-0.25, -0.2) is 0 Å². The molecule has 0 radical (unpaired) electrons. The molecule has 0 aliphatic carbocycles. The molecule has 4 heteroatoms. The number of nitrogens with two attached hydrogens (primary N) is 1. The Bertz CT molecular complexity index is 338. The second-order valence-corrected chi connectivity index (χ2v) is 5.05. The van der Waals surface area contributed by atoms with Crippen molar-refractivity contribution in [2.45, 2.75) is 18.9 Å². The van der Waals surface area contributed by atoms with E-state index in [1.807, 2.05) is 24.5 Å². The van der Waals surface area contributed by atoms with Crippen molar-refractivity contribution in [1.29, 1.82) is 0 Å². The van der Waals surface area contributed by atoms with E-state index in [4.69, 9.17) is 10.5 Å². The molecule has 0 amide bonds. The normalized spacial score (nSPS) is 22.1. The molecule has 0 bridgehead atoms. The van der Waals surface area contributed by atoms with Crippen molar-refractivity contribution in [3.8, 4) is 0 Å². The number of aromatic nitrogens is 1. The van der Waals surface area contributed by atoms with Gasteiger partial charge in [-0.3, -0.25) is 9.88 Å². The molecule has 2 heterocycles. The highest BCUT2D eigenvalue weighted by Gasteiger charge is 2.21. The van der Waals surface area contributed by atoms with Crippen LogP contribution in [0, 0.1) is 5.92 Å². The van der Waals surface area contributed by atoms with Crippen molar-refractivity contribution < 1.29 is 4.74 Å². The number of pyridine rings is 1. The van der Waals surface area contributed by atoms with Crippen LogP contribution in [0.15, 0.2) is 24.5 Å². The molecule has 1 aromatic rings. The van der Waals surface area contributed by atoms with Crippen LogP contribution in [0.5, 0.6) is 0 Å². The van der Waals surface area contributed by atoms with Gasteiger partial charge in [0.05, 0.1) is 6.61 Å². The molecular formula is C14H23N3O. The Morgan fingerprint density at radius 1 is 1.50 bits per heavy atom. The van der Waals surface area contributed by atoms with Gasteiger partial charge in [-0.2, -0.15) is 0 Å². The highest BCUT2D eigenvalue weighted by molar-refractivity contribution is 5.15. The summed E-state index contributed by atoms with van der Waals surface area (Å²) in [5.41, 5.74) is 7.16. The second kappa shape index (κ2) is 6.83. The number of nitrogens with zero attached hydrogens (tertiary/aromatic N) is 2. The number of ether oxygens (including phenoxy) is 1. The molecule has 0 saturated carbocycles. The average molecular weight is 249 g/mol. The molecule has 1 aliphatic rings. The smallest absolute Gasteiger partial charge is 0.0506 e. The zero-order valence-electron chi connectivity index (χ0n) is 11.1. The second-order valence-electron chi connectivity index (χ2n) is 5.05. The fourth-order valence-electron chi connectivity index (χ4n) is 2.64. The summed E-state index contributed by atoms with van der Waals surface area (Å²) < 4.78 is 5.53. The third-order valence-corrected chi connectivity index (χ3v) is 3.65. The van der Waals surface area contributed by atoms with Crippen molar-refractivity contribution in [2.24, 2.45) is 11.7 Å². The highest BCUT2D eigenvalue weighted by atomic mass is 16.5. The zero-order valence-corrected chi connectivity index (χ0v) is 11.1. The first kappa shape index (κ1) is 13.5. The topological polar surface area (TPSA) is 51.4 Å². The van der Waals surface area contributed by atoms with Crippen molar-refractivity contribution in [2.75, 3.05) is 33.4 Å². The molecule has 2 unspecified atom stereocenters. The molecule has 1 aliphatic heterocycles. The average Bonchev–Trinajstić information content (AvgIpc) is 2.42. The Balaban J connectivity index is 1.94. The van der Waals surface area contributed by atoms with Crippen LogP contribution in [-0.4, -0.2) is 43.2 Å². The summed E-state index contributed by atoms with van der Waals surface area (Å²) in [6.45, 7) is 3.49. The fourth-order valence-corrected chi connectivity index (χ4v) is 2.64. The summed E-state index contributed by atoms with van der Waals surface area (Å²) in [6.07, 6.45) is 6.10. The van der Waals surface area contributed by atoms with Gasteiger partial charge in [0.25, 0.3) is 0 Å². The van der Waals surface area contributed by atoms with Crippen molar-refractivity contribution in [1.82, 2.24) is 9.88 Å². The summed E-state index contributed by atoms with van der Waals surface area (Å²) in [5, 5.41) is 0. The SMILES string of the molecule is CN(CC1CCCOC1)C(CN)c1ccncc1. The molecule has 2 N–H and O–H groups in total. The Morgan fingerprint density at radius 2 is 2.28 bits per heavy atom. The molecule has 4 nitrogen and oxygen atoms in total. The molecule has 1 fully saturated rings. The van der Waals surface area contributed by atoms with E-state index < -0.39 is 0 Å². The van der Waals surface area contributed by atoms with Gasteiger partial charge in [-0.05, 0) is 43.5 Å². The number of rotatable bonds is 5. The lowest BCUT2D eigenvalue weighted by atomic mass is 10.00. The lowest BCUT2D eigenvalue weighted by Crippen LogP contribution is -2.36. The lowest BCUT2D eigenvalue weighted by Gasteiger charge is -2.32. The van der Waals surface area contributed by atoms with E-state index in [1.165, 1.54) is 18.4 Å². The molecule has 1 saturated heterocycles. The van der Waals surface area contributed by atoms with Crippen LogP contribution in [0.3, 0.4) is 0 Å². The summed E-state index contributed by atoms with van der Waals surface area (Å²) in [4.78, 5) is 6.40. The van der Waals surface area contributed by atoms with Gasteiger partial charge in [0.2, 0.25) is 0 Å². The minimum Gasteiger partial charge on any atom is -0.381 e. The molecule has 0 aromatic carbocycles. The van der Waals surface area contributed by atoms with Crippen molar-refractivity contribution in [3.05, 3.63) is 30.1 Å². The third-order valence-electron chi connectivity index (χ3n) is 3.65. The Labute approximate surface area is 109 Å². The van der Waals surface area contributed by atoms with E-state index in [-0.39, 0.29) is 6.04 Å². The summed E-state index contributed by atoms with van der Waals surface area (Å²) in [6, 6.07) is 4.37. The number of hydrogen-bond donors (Lipinski definition) is 1. The Hall–Kier alpha value is -0.970. The van der Waals surface area contributed by atoms with E-state index in [0.29, 0.717) is 12.5 Å². The summed E-state index contributed by atoms with van der Waals surface area (Å²) >= 11 is 0. The van der Waals surface area contributed by atoms with Gasteiger partial charge in [-0.1, -0.05) is 0 Å². The standard InChI is InChI=1S/C14H23N3O/c1-17(10-12-3-2-8-18-11-12)14(9-15)13-4-6-16-7-5-13/h4-7,12,14H,2-3,8-11,15H2,1H3. The summed E-state index contributed by atoms with van der Waals surface area (Å²) in [7, 11) is 2.15. The van der Waals surface area contributed by atoms with Crippen LogP contribution in [0.1, 0.15) is 24.4 Å². The maximum absolute atomic E-state index is 5.92. The monoisotopic (exact) mass is 249 g/mol. The lowest BCUT2D eigenvalue weighted by molar-refractivity contribution is 0.0365. The molecule has 0 spiro atoms. The predicted molar refractivity (Wildman–Crippen MR) is 72.2 cm³/mol. The minimum absolute atomic E-state index is 0.273. The van der Waals surface area contributed by atoms with Gasteiger partial charge < -0.3 is 10.5 Å². The molecule has 1 aromatic heterocycles. The van der Waals surface area contributed by atoms with Gasteiger partial charge in [0, 0.05) is 38.1 Å². The van der Waals surface area contributed by atoms with Crippen molar-refractivity contribution >= 4 is 0 Å². The van der Waals surface area contributed by atoms with Crippen LogP contribution in [-0.2, 0) is 4.74 Å². The Morgan fingerprint density at radius 3 is 2.89 bits per heavy atom. The summed E-state index contributed by atoms with van der Waals surface area (Å²) in [5.74, 6) is 0.639. The minimum atomic E-state index is 0.273. The molecule has 2 rings (SSSR count). The fraction of sp³-hybridized carbons (Fsp3) is 0.643. The van der Waals surface area contributed by atoms with Crippen LogP contribution in [0.2, 0.25) is 0 Å². The quantitative estimate of drug-likeness (QED) is 0.858. The van der Waals surface area contributed by atoms with Gasteiger partial charge >= 0.3 is 0 Å². The maximum atomic E-state index is 5.92. The van der Waals surface area contributed by atoms with E-state index >= 15 is 0 Å². The van der Waals surface area contributed by atoms with E-state index in [2.05, 4.69) is 16.9 Å². The van der Waals surface area contributed by atoms with Crippen LogP contribution >= 0.6 is 0 Å². The maximum Gasteiger partial charge on any atom is 0.0506 e. The molecule has 100 valence electrons. The number of hydrogen-bond acceptors (Lipinski definition) is 4. The first-order valence-corrected chi connectivity index (χ1v) is 6.69. The Kier molecular flexibility index (Phi) is 5.11. The predicted octanol–water partition coefficient (Wildman–Crippen LogP) is 1.44. The first-order valence-electron chi connectivity index (χ1n) is 6.69. The van der Waals surface area contributed by atoms with Gasteiger partial charge in [0.1, 0.15) is 0 Å². The third kappa shape index (κ3) is 3.51. The largest absolute Gasteiger partial charge is 0.381 e. The first-order chi connectivity index (χ1) is 8.81. The van der Waals surface area contributed by atoms with Gasteiger partial charge in [-0.15, -0.1) is 0 Å². The van der Waals surface area contributed by atoms with Crippen LogP contribution in [0.4, 0.5) is 0 Å². The molecular weight excluding hydrogens is 226 g/mol. The van der Waals surface area contributed by atoms with E-state index in [1.54, 1.807) is 0 Å². The van der Waals surface area contributed by atoms with E-state index in [0.717, 1.165) is 19.8 Å². The molecule has 2 atom stereocenters. The molecule has 18 heavy (non-hydrogen) atoms.